The Morgan fingerprint density at radius 1 is 1.53 bits per heavy atom. The fourth-order valence-corrected chi connectivity index (χ4v) is 1.31. The minimum Gasteiger partial charge on any atom is -0.378 e. The maximum absolute atomic E-state index is 11.5. The van der Waals surface area contributed by atoms with E-state index in [4.69, 9.17) is 4.74 Å². The Kier molecular flexibility index (Phi) is 4.29. The van der Waals surface area contributed by atoms with Crippen LogP contribution >= 0.6 is 0 Å². The summed E-state index contributed by atoms with van der Waals surface area (Å²) in [6.45, 7) is 2.42. The number of nitrogens with zero attached hydrogens (tertiary/aromatic N) is 3. The van der Waals surface area contributed by atoms with Crippen LogP contribution in [0.15, 0.2) is 0 Å². The van der Waals surface area contributed by atoms with Crippen LogP contribution in [0.2, 0.25) is 0 Å². The molecule has 1 amide bonds. The van der Waals surface area contributed by atoms with E-state index in [0.29, 0.717) is 26.3 Å². The van der Waals surface area contributed by atoms with Crippen molar-refractivity contribution < 1.29 is 14.6 Å². The molecule has 1 rings (SSSR count). The molecule has 7 heteroatoms. The first-order chi connectivity index (χ1) is 7.11. The highest BCUT2D eigenvalue weighted by Gasteiger charge is 2.18. The number of nitro groups is 1. The molecule has 7 nitrogen and oxygen atoms in total. The molecule has 1 aliphatic heterocycles. The lowest BCUT2D eigenvalue weighted by molar-refractivity contribution is -0.648. The van der Waals surface area contributed by atoms with Gasteiger partial charge in [-0.2, -0.15) is 0 Å². The summed E-state index contributed by atoms with van der Waals surface area (Å²) in [6, 6.07) is 0. The average Bonchev–Trinajstić information content (AvgIpc) is 2.26. The molecule has 1 saturated heterocycles. The molecule has 0 aromatic rings. The molecule has 0 saturated carbocycles. The van der Waals surface area contributed by atoms with Crippen LogP contribution in [0.3, 0.4) is 0 Å². The van der Waals surface area contributed by atoms with Crippen molar-refractivity contribution in [1.82, 2.24) is 9.91 Å². The smallest absolute Gasteiger partial charge is 0.224 e. The van der Waals surface area contributed by atoms with Gasteiger partial charge in [0, 0.05) is 19.5 Å². The number of carbonyl (C=O) groups is 1. The van der Waals surface area contributed by atoms with Crippen LogP contribution in [0, 0.1) is 10.1 Å². The van der Waals surface area contributed by atoms with Crippen LogP contribution in [-0.2, 0) is 9.53 Å². The number of ether oxygens (including phenoxy) is 1. The standard InChI is InChI=1S/C8H15N3O4/c1-9(11(13)14)3-2-8(12)10-4-6-15-7-5-10/h2-7H2,1H3. The topological polar surface area (TPSA) is 75.9 Å². The number of hydrazine groups is 1. The maximum atomic E-state index is 11.5. The average molecular weight is 217 g/mol. The zero-order valence-electron chi connectivity index (χ0n) is 8.72. The van der Waals surface area contributed by atoms with Crippen molar-refractivity contribution in [2.45, 2.75) is 6.42 Å². The summed E-state index contributed by atoms with van der Waals surface area (Å²) in [7, 11) is 1.35. The van der Waals surface area contributed by atoms with E-state index in [2.05, 4.69) is 0 Å². The molecule has 1 heterocycles. The van der Waals surface area contributed by atoms with E-state index in [0.717, 1.165) is 5.01 Å². The van der Waals surface area contributed by atoms with Gasteiger partial charge < -0.3 is 9.64 Å². The van der Waals surface area contributed by atoms with Crippen molar-refractivity contribution in [3.05, 3.63) is 10.1 Å². The molecule has 0 aliphatic carbocycles. The van der Waals surface area contributed by atoms with Crippen molar-refractivity contribution in [3.63, 3.8) is 0 Å². The van der Waals surface area contributed by atoms with Crippen molar-refractivity contribution in [3.8, 4) is 0 Å². The lowest BCUT2D eigenvalue weighted by Crippen LogP contribution is -2.42. The summed E-state index contributed by atoms with van der Waals surface area (Å²) in [5.74, 6) is -0.0491. The quantitative estimate of drug-likeness (QED) is 0.462. The molecule has 1 fully saturated rings. The highest BCUT2D eigenvalue weighted by atomic mass is 16.7. The van der Waals surface area contributed by atoms with Gasteiger partial charge in [0.15, 0.2) is 5.03 Å². The number of hydrogen-bond acceptors (Lipinski definition) is 4. The zero-order chi connectivity index (χ0) is 11.3. The van der Waals surface area contributed by atoms with Crippen molar-refractivity contribution in [2.24, 2.45) is 0 Å². The third-order valence-corrected chi connectivity index (χ3v) is 2.29. The van der Waals surface area contributed by atoms with Crippen molar-refractivity contribution in [1.29, 1.82) is 0 Å². The molecule has 86 valence electrons. The molecule has 0 bridgehead atoms. The van der Waals surface area contributed by atoms with Gasteiger partial charge >= 0.3 is 0 Å². The molecule has 0 radical (unpaired) electrons. The number of morpholine rings is 1. The SMILES string of the molecule is CN(CCC(=O)N1CCOCC1)[N+](=O)[O-]. The van der Waals surface area contributed by atoms with Crippen LogP contribution in [0.1, 0.15) is 6.42 Å². The van der Waals surface area contributed by atoms with E-state index in [1.807, 2.05) is 0 Å². The largest absolute Gasteiger partial charge is 0.378 e. The molecular weight excluding hydrogens is 202 g/mol. The normalized spacial score (nSPS) is 16.2. The van der Waals surface area contributed by atoms with E-state index in [1.54, 1.807) is 4.90 Å². The van der Waals surface area contributed by atoms with Crippen LogP contribution in [-0.4, -0.2) is 60.7 Å². The lowest BCUT2D eigenvalue weighted by Gasteiger charge is -2.26. The molecule has 1 aliphatic rings. The molecule has 15 heavy (non-hydrogen) atoms. The van der Waals surface area contributed by atoms with E-state index in [-0.39, 0.29) is 18.9 Å². The first-order valence-electron chi connectivity index (χ1n) is 4.82. The van der Waals surface area contributed by atoms with Crippen molar-refractivity contribution in [2.75, 3.05) is 39.9 Å². The monoisotopic (exact) mass is 217 g/mol. The number of amides is 1. The van der Waals surface area contributed by atoms with E-state index in [9.17, 15) is 14.9 Å². The second-order valence-electron chi connectivity index (χ2n) is 3.36. The van der Waals surface area contributed by atoms with Gasteiger partial charge in [-0.1, -0.05) is 0 Å². The van der Waals surface area contributed by atoms with Crippen LogP contribution in [0.4, 0.5) is 0 Å². The molecule has 0 aromatic heterocycles. The fraction of sp³-hybridized carbons (Fsp3) is 0.875. The lowest BCUT2D eigenvalue weighted by atomic mass is 10.3. The molecular formula is C8H15N3O4. The van der Waals surface area contributed by atoms with Gasteiger partial charge in [0.05, 0.1) is 26.8 Å². The highest BCUT2D eigenvalue weighted by molar-refractivity contribution is 5.76. The summed E-state index contributed by atoms with van der Waals surface area (Å²) in [6.07, 6.45) is 0.178. The van der Waals surface area contributed by atoms with Gasteiger partial charge in [0.1, 0.15) is 0 Å². The summed E-state index contributed by atoms with van der Waals surface area (Å²) >= 11 is 0. The van der Waals surface area contributed by atoms with Gasteiger partial charge in [-0.3, -0.25) is 4.79 Å². The molecule has 0 spiro atoms. The van der Waals surface area contributed by atoms with Crippen LogP contribution in [0.5, 0.6) is 0 Å². The second-order valence-corrected chi connectivity index (χ2v) is 3.36. The minimum absolute atomic E-state index is 0.0491. The van der Waals surface area contributed by atoms with Gasteiger partial charge in [0.25, 0.3) is 0 Å². The van der Waals surface area contributed by atoms with Crippen molar-refractivity contribution >= 4 is 5.91 Å². The summed E-state index contributed by atoms with van der Waals surface area (Å²) in [5.41, 5.74) is 0. The zero-order valence-corrected chi connectivity index (χ0v) is 8.72. The summed E-state index contributed by atoms with van der Waals surface area (Å²) < 4.78 is 5.10. The minimum atomic E-state index is -0.521. The Labute approximate surface area is 87.7 Å². The van der Waals surface area contributed by atoms with Crippen LogP contribution in [0.25, 0.3) is 0 Å². The Morgan fingerprint density at radius 3 is 2.67 bits per heavy atom. The summed E-state index contributed by atoms with van der Waals surface area (Å²) in [4.78, 5) is 23.5. The first-order valence-corrected chi connectivity index (χ1v) is 4.82. The second kappa shape index (κ2) is 5.50. The molecule has 0 atom stereocenters. The van der Waals surface area contributed by atoms with E-state index >= 15 is 0 Å². The Morgan fingerprint density at radius 2 is 2.13 bits per heavy atom. The highest BCUT2D eigenvalue weighted by Crippen LogP contribution is 2.00. The summed E-state index contributed by atoms with van der Waals surface area (Å²) in [5, 5.41) is 10.7. The number of carbonyl (C=O) groups excluding carboxylic acids is 1. The van der Waals surface area contributed by atoms with E-state index in [1.165, 1.54) is 7.05 Å². The van der Waals surface area contributed by atoms with Gasteiger partial charge in [-0.05, 0) is 0 Å². The molecule has 0 unspecified atom stereocenters. The van der Waals surface area contributed by atoms with Gasteiger partial charge in [-0.25, -0.2) is 10.1 Å². The third kappa shape index (κ3) is 3.70. The Balaban J connectivity index is 2.25. The van der Waals surface area contributed by atoms with Gasteiger partial charge in [-0.15, -0.1) is 5.01 Å². The maximum Gasteiger partial charge on any atom is 0.224 e. The first kappa shape index (κ1) is 11.7. The Bertz CT molecular complexity index is 240. The number of rotatable bonds is 4. The van der Waals surface area contributed by atoms with E-state index < -0.39 is 5.03 Å². The Hall–Kier alpha value is -1.37. The predicted octanol–water partition coefficient (Wildman–Crippen LogP) is -0.641. The number of hydrogen-bond donors (Lipinski definition) is 0. The predicted molar refractivity (Wildman–Crippen MR) is 51.6 cm³/mol. The van der Waals surface area contributed by atoms with Crippen LogP contribution < -0.4 is 0 Å². The fourth-order valence-electron chi connectivity index (χ4n) is 1.31. The van der Waals surface area contributed by atoms with Gasteiger partial charge in [0.2, 0.25) is 5.91 Å². The molecule has 0 aromatic carbocycles. The molecule has 0 N–H and O–H groups in total. The third-order valence-electron chi connectivity index (χ3n) is 2.29.